The number of unbranched alkanes of at least 4 members (excludes halogenated alkanes) is 3. The lowest BCUT2D eigenvalue weighted by Crippen LogP contribution is -2.13. The van der Waals surface area contributed by atoms with E-state index in [1.54, 1.807) is 19.1 Å². The molecule has 0 fully saturated rings. The first-order valence-corrected chi connectivity index (χ1v) is 7.42. The van der Waals surface area contributed by atoms with Gasteiger partial charge in [0.05, 0.1) is 18.8 Å². The quantitative estimate of drug-likeness (QED) is 0.373. The van der Waals surface area contributed by atoms with Crippen molar-refractivity contribution in [3.8, 4) is 5.75 Å². The summed E-state index contributed by atoms with van der Waals surface area (Å²) in [5.74, 6) is -0.261. The predicted octanol–water partition coefficient (Wildman–Crippen LogP) is 3.24. The number of aliphatic hydroxyl groups is 1. The van der Waals surface area contributed by atoms with Gasteiger partial charge >= 0.3 is 5.97 Å². The number of hydrogen-bond acceptors (Lipinski definition) is 4. The van der Waals surface area contributed by atoms with Crippen LogP contribution in [-0.4, -0.2) is 35.7 Å². The number of benzene rings is 1. The van der Waals surface area contributed by atoms with Crippen molar-refractivity contribution in [2.45, 2.75) is 38.9 Å². The van der Waals surface area contributed by atoms with E-state index in [1.807, 2.05) is 0 Å². The zero-order valence-electron chi connectivity index (χ0n) is 13.0. The standard InChI is InChI=1S/C17H24O5/c1-13(2)17(20)22-12-6-4-3-5-11-21-15-9-7-14(8-10-15)16(18)19/h7-10,17,20H,1,3-6,11-12H2,2H3,(H,18,19). The number of aromatic carboxylic acids is 1. The van der Waals surface area contributed by atoms with Gasteiger partial charge in [-0.25, -0.2) is 4.79 Å². The van der Waals surface area contributed by atoms with Gasteiger partial charge in [-0.15, -0.1) is 0 Å². The molecular formula is C17H24O5. The maximum atomic E-state index is 10.7. The first kappa shape index (κ1) is 18.2. The number of carbonyl (C=O) groups is 1. The Labute approximate surface area is 131 Å². The van der Waals surface area contributed by atoms with E-state index >= 15 is 0 Å². The van der Waals surface area contributed by atoms with Gasteiger partial charge < -0.3 is 19.7 Å². The molecule has 0 spiro atoms. The molecule has 1 aromatic rings. The molecule has 1 aromatic carbocycles. The van der Waals surface area contributed by atoms with Crippen LogP contribution in [0.1, 0.15) is 43.0 Å². The van der Waals surface area contributed by atoms with Gasteiger partial charge in [0.15, 0.2) is 6.29 Å². The molecule has 0 saturated carbocycles. The number of aliphatic hydroxyl groups excluding tert-OH is 1. The molecule has 0 aliphatic carbocycles. The van der Waals surface area contributed by atoms with E-state index in [0.717, 1.165) is 25.7 Å². The van der Waals surface area contributed by atoms with E-state index in [-0.39, 0.29) is 5.56 Å². The van der Waals surface area contributed by atoms with Crippen LogP contribution in [0.5, 0.6) is 5.75 Å². The summed E-state index contributed by atoms with van der Waals surface area (Å²) >= 11 is 0. The van der Waals surface area contributed by atoms with Crippen LogP contribution in [0.15, 0.2) is 36.4 Å². The van der Waals surface area contributed by atoms with E-state index in [9.17, 15) is 9.90 Å². The zero-order chi connectivity index (χ0) is 16.4. The Morgan fingerprint density at radius 2 is 1.73 bits per heavy atom. The van der Waals surface area contributed by atoms with Crippen molar-refractivity contribution in [1.82, 2.24) is 0 Å². The first-order valence-electron chi connectivity index (χ1n) is 7.42. The van der Waals surface area contributed by atoms with Gasteiger partial charge in [-0.05, 0) is 56.0 Å². The van der Waals surface area contributed by atoms with Crippen molar-refractivity contribution in [2.75, 3.05) is 13.2 Å². The van der Waals surface area contributed by atoms with E-state index in [1.165, 1.54) is 12.1 Å². The molecule has 0 radical (unpaired) electrons. The molecule has 2 N–H and O–H groups in total. The van der Waals surface area contributed by atoms with Crippen molar-refractivity contribution < 1.29 is 24.5 Å². The highest BCUT2D eigenvalue weighted by Crippen LogP contribution is 2.13. The summed E-state index contributed by atoms with van der Waals surface area (Å²) in [4.78, 5) is 10.7. The van der Waals surface area contributed by atoms with Crippen LogP contribution in [0, 0.1) is 0 Å². The fraction of sp³-hybridized carbons (Fsp3) is 0.471. The van der Waals surface area contributed by atoms with E-state index in [0.29, 0.717) is 24.5 Å². The van der Waals surface area contributed by atoms with Crippen molar-refractivity contribution in [1.29, 1.82) is 0 Å². The minimum absolute atomic E-state index is 0.254. The minimum Gasteiger partial charge on any atom is -0.494 e. The molecule has 1 rings (SSSR count). The van der Waals surface area contributed by atoms with Gasteiger partial charge in [-0.1, -0.05) is 13.0 Å². The topological polar surface area (TPSA) is 76.0 Å². The van der Waals surface area contributed by atoms with Gasteiger partial charge in [-0.2, -0.15) is 0 Å². The average molecular weight is 308 g/mol. The molecule has 0 saturated heterocycles. The summed E-state index contributed by atoms with van der Waals surface area (Å²) < 4.78 is 10.7. The fourth-order valence-electron chi connectivity index (χ4n) is 1.78. The largest absolute Gasteiger partial charge is 0.494 e. The summed E-state index contributed by atoms with van der Waals surface area (Å²) in [7, 11) is 0. The Morgan fingerprint density at radius 1 is 1.14 bits per heavy atom. The van der Waals surface area contributed by atoms with Crippen LogP contribution in [-0.2, 0) is 4.74 Å². The summed E-state index contributed by atoms with van der Waals surface area (Å²) in [5.41, 5.74) is 0.867. The molecule has 0 amide bonds. The summed E-state index contributed by atoms with van der Waals surface area (Å²) in [6.07, 6.45) is 2.96. The van der Waals surface area contributed by atoms with Crippen molar-refractivity contribution >= 4 is 5.97 Å². The fourth-order valence-corrected chi connectivity index (χ4v) is 1.78. The van der Waals surface area contributed by atoms with Crippen LogP contribution in [0.3, 0.4) is 0 Å². The predicted molar refractivity (Wildman–Crippen MR) is 84.1 cm³/mol. The number of rotatable bonds is 11. The monoisotopic (exact) mass is 308 g/mol. The molecule has 1 atom stereocenters. The van der Waals surface area contributed by atoms with Gasteiger partial charge in [-0.3, -0.25) is 0 Å². The lowest BCUT2D eigenvalue weighted by atomic mass is 10.2. The molecule has 122 valence electrons. The molecule has 0 bridgehead atoms. The van der Waals surface area contributed by atoms with Crippen molar-refractivity contribution in [2.24, 2.45) is 0 Å². The first-order chi connectivity index (χ1) is 10.5. The van der Waals surface area contributed by atoms with Crippen LogP contribution < -0.4 is 4.74 Å². The van der Waals surface area contributed by atoms with Gasteiger partial charge in [0, 0.05) is 0 Å². The third-order valence-electron chi connectivity index (χ3n) is 3.11. The highest BCUT2D eigenvalue weighted by Gasteiger charge is 2.03. The second kappa shape index (κ2) is 9.97. The smallest absolute Gasteiger partial charge is 0.335 e. The lowest BCUT2D eigenvalue weighted by Gasteiger charge is -2.11. The lowest BCUT2D eigenvalue weighted by molar-refractivity contribution is -0.0728. The molecule has 0 aromatic heterocycles. The normalized spacial score (nSPS) is 11.9. The van der Waals surface area contributed by atoms with Crippen LogP contribution in [0.4, 0.5) is 0 Å². The SMILES string of the molecule is C=C(C)C(O)OCCCCCCOc1ccc(C(=O)O)cc1. The summed E-state index contributed by atoms with van der Waals surface area (Å²) in [6.45, 7) is 6.46. The number of carboxylic acid groups (broad SMARTS) is 1. The molecule has 0 aliphatic rings. The molecule has 5 heteroatoms. The Balaban J connectivity index is 2.03. The Bertz CT molecular complexity index is 466. The average Bonchev–Trinajstić information content (AvgIpc) is 2.50. The molecule has 5 nitrogen and oxygen atoms in total. The Kier molecular flexibility index (Phi) is 8.25. The third-order valence-corrected chi connectivity index (χ3v) is 3.11. The number of hydrogen-bond donors (Lipinski definition) is 2. The zero-order valence-corrected chi connectivity index (χ0v) is 13.0. The van der Waals surface area contributed by atoms with Crippen molar-refractivity contribution in [3.05, 3.63) is 42.0 Å². The van der Waals surface area contributed by atoms with Gasteiger partial charge in [0.25, 0.3) is 0 Å². The van der Waals surface area contributed by atoms with Crippen molar-refractivity contribution in [3.63, 3.8) is 0 Å². The van der Waals surface area contributed by atoms with E-state index in [2.05, 4.69) is 6.58 Å². The van der Waals surface area contributed by atoms with E-state index < -0.39 is 12.3 Å². The molecule has 1 unspecified atom stereocenters. The Morgan fingerprint density at radius 3 is 2.27 bits per heavy atom. The van der Waals surface area contributed by atoms with Crippen LogP contribution >= 0.6 is 0 Å². The third kappa shape index (κ3) is 7.24. The van der Waals surface area contributed by atoms with Crippen LogP contribution in [0.25, 0.3) is 0 Å². The highest BCUT2D eigenvalue weighted by molar-refractivity contribution is 5.87. The highest BCUT2D eigenvalue weighted by atomic mass is 16.6. The second-order valence-corrected chi connectivity index (χ2v) is 5.16. The minimum atomic E-state index is -0.939. The molecule has 0 heterocycles. The number of carboxylic acids is 1. The Hall–Kier alpha value is -1.85. The van der Waals surface area contributed by atoms with Crippen LogP contribution in [0.2, 0.25) is 0 Å². The maximum absolute atomic E-state index is 10.7. The molecular weight excluding hydrogens is 284 g/mol. The summed E-state index contributed by atoms with van der Waals surface area (Å²) in [5, 5.41) is 18.2. The number of ether oxygens (including phenoxy) is 2. The van der Waals surface area contributed by atoms with Gasteiger partial charge in [0.2, 0.25) is 0 Å². The summed E-state index contributed by atoms with van der Waals surface area (Å²) in [6, 6.07) is 6.39. The molecule has 22 heavy (non-hydrogen) atoms. The van der Waals surface area contributed by atoms with Gasteiger partial charge in [0.1, 0.15) is 5.75 Å². The molecule has 0 aliphatic heterocycles. The van der Waals surface area contributed by atoms with E-state index in [4.69, 9.17) is 14.6 Å². The maximum Gasteiger partial charge on any atom is 0.335 e. The second-order valence-electron chi connectivity index (χ2n) is 5.16.